The molecule has 2 rings (SSSR count). The number of ether oxygens (including phenoxy) is 1. The molecule has 0 saturated carbocycles. The molecule has 0 saturated heterocycles. The third kappa shape index (κ3) is 3.47. The van der Waals surface area contributed by atoms with Crippen LogP contribution in [0.3, 0.4) is 0 Å². The molecule has 0 heterocycles. The van der Waals surface area contributed by atoms with E-state index in [9.17, 15) is 4.39 Å². The van der Waals surface area contributed by atoms with Crippen LogP contribution in [0.4, 0.5) is 10.1 Å². The lowest BCUT2D eigenvalue weighted by Crippen LogP contribution is -2.07. The van der Waals surface area contributed by atoms with Crippen molar-refractivity contribution in [2.24, 2.45) is 0 Å². The number of methoxy groups -OCH3 is 1. The van der Waals surface area contributed by atoms with Gasteiger partial charge in [0.05, 0.1) is 7.11 Å². The van der Waals surface area contributed by atoms with Gasteiger partial charge in [0.15, 0.2) is 0 Å². The lowest BCUT2D eigenvalue weighted by Gasteiger charge is -2.17. The quantitative estimate of drug-likeness (QED) is 0.875. The van der Waals surface area contributed by atoms with Gasteiger partial charge in [0.25, 0.3) is 0 Å². The summed E-state index contributed by atoms with van der Waals surface area (Å²) < 4.78 is 19.0. The van der Waals surface area contributed by atoms with Gasteiger partial charge < -0.3 is 10.1 Å². The van der Waals surface area contributed by atoms with Gasteiger partial charge in [0.1, 0.15) is 11.6 Å². The first kappa shape index (κ1) is 13.9. The second kappa shape index (κ2) is 6.06. The second-order valence-electron chi connectivity index (χ2n) is 4.27. The van der Waals surface area contributed by atoms with E-state index in [-0.39, 0.29) is 11.9 Å². The van der Waals surface area contributed by atoms with Gasteiger partial charge in [0, 0.05) is 16.2 Å². The van der Waals surface area contributed by atoms with Crippen molar-refractivity contribution in [1.29, 1.82) is 0 Å². The van der Waals surface area contributed by atoms with Crippen LogP contribution >= 0.6 is 15.9 Å². The molecule has 0 fully saturated rings. The van der Waals surface area contributed by atoms with E-state index in [1.54, 1.807) is 13.2 Å². The van der Waals surface area contributed by atoms with Crippen molar-refractivity contribution >= 4 is 21.6 Å². The van der Waals surface area contributed by atoms with Gasteiger partial charge in [-0.1, -0.05) is 12.1 Å². The Morgan fingerprint density at radius 3 is 2.68 bits per heavy atom. The molecule has 19 heavy (non-hydrogen) atoms. The van der Waals surface area contributed by atoms with E-state index in [1.165, 1.54) is 12.1 Å². The summed E-state index contributed by atoms with van der Waals surface area (Å²) in [4.78, 5) is 0. The zero-order valence-corrected chi connectivity index (χ0v) is 12.4. The van der Waals surface area contributed by atoms with E-state index in [2.05, 4.69) is 21.2 Å². The van der Waals surface area contributed by atoms with E-state index >= 15 is 0 Å². The fourth-order valence-corrected chi connectivity index (χ4v) is 2.30. The Bertz CT molecular complexity index is 574. The Labute approximate surface area is 120 Å². The second-order valence-corrected chi connectivity index (χ2v) is 5.12. The number of rotatable bonds is 4. The predicted molar refractivity (Wildman–Crippen MR) is 79.1 cm³/mol. The van der Waals surface area contributed by atoms with Crippen molar-refractivity contribution in [2.45, 2.75) is 13.0 Å². The number of anilines is 1. The van der Waals surface area contributed by atoms with Crippen LogP contribution < -0.4 is 10.1 Å². The van der Waals surface area contributed by atoms with Gasteiger partial charge in [-0.25, -0.2) is 4.39 Å². The highest BCUT2D eigenvalue weighted by Gasteiger charge is 2.08. The van der Waals surface area contributed by atoms with E-state index in [4.69, 9.17) is 4.74 Å². The average molecular weight is 324 g/mol. The summed E-state index contributed by atoms with van der Waals surface area (Å²) in [5.41, 5.74) is 1.97. The number of halogens is 2. The lowest BCUT2D eigenvalue weighted by atomic mass is 10.1. The molecule has 1 N–H and O–H groups in total. The minimum absolute atomic E-state index is 0.0943. The normalized spacial score (nSPS) is 12.0. The third-order valence-corrected chi connectivity index (χ3v) is 3.55. The third-order valence-electron chi connectivity index (χ3n) is 2.90. The zero-order chi connectivity index (χ0) is 13.8. The highest BCUT2D eigenvalue weighted by Crippen LogP contribution is 2.28. The summed E-state index contributed by atoms with van der Waals surface area (Å²) in [5.74, 6) is 0.566. The van der Waals surface area contributed by atoms with Gasteiger partial charge in [0.2, 0.25) is 0 Å². The van der Waals surface area contributed by atoms with Gasteiger partial charge >= 0.3 is 0 Å². The van der Waals surface area contributed by atoms with Crippen molar-refractivity contribution in [3.8, 4) is 5.75 Å². The molecule has 0 aromatic heterocycles. The van der Waals surface area contributed by atoms with Crippen LogP contribution in [0.1, 0.15) is 18.5 Å². The van der Waals surface area contributed by atoms with E-state index < -0.39 is 0 Å². The molecule has 0 spiro atoms. The van der Waals surface area contributed by atoms with Crippen molar-refractivity contribution in [1.82, 2.24) is 0 Å². The van der Waals surface area contributed by atoms with E-state index in [1.807, 2.05) is 31.2 Å². The number of hydrogen-bond donors (Lipinski definition) is 1. The maximum absolute atomic E-state index is 13.0. The summed E-state index contributed by atoms with van der Waals surface area (Å²) in [5, 5.41) is 3.34. The summed E-state index contributed by atoms with van der Waals surface area (Å²) in [6, 6.07) is 12.6. The molecule has 4 heteroatoms. The minimum atomic E-state index is -0.258. The summed E-state index contributed by atoms with van der Waals surface area (Å²) in [6.45, 7) is 2.05. The maximum atomic E-state index is 13.0. The molecule has 1 unspecified atom stereocenters. The first-order valence-corrected chi connectivity index (χ1v) is 6.75. The molecular weight excluding hydrogens is 309 g/mol. The molecule has 0 aliphatic carbocycles. The van der Waals surface area contributed by atoms with Crippen LogP contribution in [0.25, 0.3) is 0 Å². The Hall–Kier alpha value is -1.55. The Kier molecular flexibility index (Phi) is 4.43. The van der Waals surface area contributed by atoms with Crippen molar-refractivity contribution in [3.05, 3.63) is 58.3 Å². The smallest absolute Gasteiger partial charge is 0.124 e. The van der Waals surface area contributed by atoms with Crippen LogP contribution in [-0.2, 0) is 0 Å². The molecule has 0 aliphatic heterocycles. The first-order valence-electron chi connectivity index (χ1n) is 5.95. The van der Waals surface area contributed by atoms with Crippen LogP contribution in [0.5, 0.6) is 5.75 Å². The minimum Gasteiger partial charge on any atom is -0.497 e. The largest absolute Gasteiger partial charge is 0.497 e. The molecule has 0 bridgehead atoms. The lowest BCUT2D eigenvalue weighted by molar-refractivity contribution is 0.414. The number of hydrogen-bond acceptors (Lipinski definition) is 2. The van der Waals surface area contributed by atoms with Gasteiger partial charge in [-0.15, -0.1) is 0 Å². The standard InChI is InChI=1S/C15H15BrFNO/c1-10(11-4-3-5-13(8-11)19-2)18-15-7-6-12(17)9-14(15)16/h3-10,18H,1-2H3. The molecule has 0 aliphatic rings. The van der Waals surface area contributed by atoms with Crippen LogP contribution in [-0.4, -0.2) is 7.11 Å². The molecule has 2 aromatic rings. The Morgan fingerprint density at radius 1 is 1.21 bits per heavy atom. The Morgan fingerprint density at radius 2 is 2.00 bits per heavy atom. The molecule has 0 radical (unpaired) electrons. The highest BCUT2D eigenvalue weighted by molar-refractivity contribution is 9.10. The van der Waals surface area contributed by atoms with Crippen molar-refractivity contribution < 1.29 is 9.13 Å². The number of nitrogens with one attached hydrogen (secondary N) is 1. The van der Waals surface area contributed by atoms with Gasteiger partial charge in [-0.2, -0.15) is 0 Å². The molecule has 1 atom stereocenters. The van der Waals surface area contributed by atoms with E-state index in [0.717, 1.165) is 17.0 Å². The SMILES string of the molecule is COc1cccc(C(C)Nc2ccc(F)cc2Br)c1. The monoisotopic (exact) mass is 323 g/mol. The molecule has 2 nitrogen and oxygen atoms in total. The van der Waals surface area contributed by atoms with Crippen LogP contribution in [0.15, 0.2) is 46.9 Å². The maximum Gasteiger partial charge on any atom is 0.124 e. The fourth-order valence-electron chi connectivity index (χ4n) is 1.83. The van der Waals surface area contributed by atoms with Crippen molar-refractivity contribution in [2.75, 3.05) is 12.4 Å². The van der Waals surface area contributed by atoms with E-state index in [0.29, 0.717) is 4.47 Å². The topological polar surface area (TPSA) is 21.3 Å². The molecule has 100 valence electrons. The fraction of sp³-hybridized carbons (Fsp3) is 0.200. The Balaban J connectivity index is 2.17. The average Bonchev–Trinajstić information content (AvgIpc) is 2.42. The van der Waals surface area contributed by atoms with Crippen LogP contribution in [0.2, 0.25) is 0 Å². The molecular formula is C15H15BrFNO. The summed E-state index contributed by atoms with van der Waals surface area (Å²) in [7, 11) is 1.65. The molecule has 2 aromatic carbocycles. The zero-order valence-electron chi connectivity index (χ0n) is 10.8. The summed E-state index contributed by atoms with van der Waals surface area (Å²) >= 11 is 3.35. The number of benzene rings is 2. The highest BCUT2D eigenvalue weighted by atomic mass is 79.9. The molecule has 0 amide bonds. The van der Waals surface area contributed by atoms with Gasteiger partial charge in [-0.3, -0.25) is 0 Å². The first-order chi connectivity index (χ1) is 9.10. The van der Waals surface area contributed by atoms with Gasteiger partial charge in [-0.05, 0) is 58.7 Å². The van der Waals surface area contributed by atoms with Crippen LogP contribution in [0, 0.1) is 5.82 Å². The predicted octanol–water partition coefficient (Wildman–Crippen LogP) is 4.77. The van der Waals surface area contributed by atoms with Crippen molar-refractivity contribution in [3.63, 3.8) is 0 Å². The summed E-state index contributed by atoms with van der Waals surface area (Å²) in [6.07, 6.45) is 0.